The van der Waals surface area contributed by atoms with Crippen molar-refractivity contribution in [3.63, 3.8) is 0 Å². The Labute approximate surface area is 126 Å². The molecule has 1 N–H and O–H groups in total. The average molecular weight is 295 g/mol. The van der Waals surface area contributed by atoms with Crippen LogP contribution in [0.3, 0.4) is 0 Å². The number of nitrogens with zero attached hydrogens (tertiary/aromatic N) is 3. The first-order valence-corrected chi connectivity index (χ1v) is 6.64. The lowest BCUT2D eigenvalue weighted by atomic mass is 10.2. The highest BCUT2D eigenvalue weighted by atomic mass is 16.5. The Morgan fingerprint density at radius 2 is 2.00 bits per heavy atom. The number of aromatic nitrogens is 3. The minimum absolute atomic E-state index is 0.176. The molecule has 2 heterocycles. The lowest BCUT2D eigenvalue weighted by molar-refractivity contribution is 0.0697. The van der Waals surface area contributed by atoms with Crippen LogP contribution in [-0.2, 0) is 6.54 Å². The van der Waals surface area contributed by atoms with Gasteiger partial charge in [-0.25, -0.2) is 9.78 Å². The first kappa shape index (κ1) is 13.8. The first-order valence-electron chi connectivity index (χ1n) is 6.64. The summed E-state index contributed by atoms with van der Waals surface area (Å²) in [4.78, 5) is 14.9. The number of pyridine rings is 1. The van der Waals surface area contributed by atoms with Crippen LogP contribution in [-0.4, -0.2) is 25.8 Å². The Kier molecular flexibility index (Phi) is 3.82. The normalized spacial score (nSPS) is 10.4. The van der Waals surface area contributed by atoms with Crippen LogP contribution in [0.1, 0.15) is 15.9 Å². The topological polar surface area (TPSA) is 77.2 Å². The smallest absolute Gasteiger partial charge is 0.338 e. The molecule has 0 aliphatic rings. The van der Waals surface area contributed by atoms with Crippen molar-refractivity contribution in [3.05, 3.63) is 72.2 Å². The maximum absolute atomic E-state index is 10.8. The lowest BCUT2D eigenvalue weighted by Gasteiger charge is -2.06. The van der Waals surface area contributed by atoms with Crippen LogP contribution in [0.25, 0.3) is 0 Å². The minimum Gasteiger partial charge on any atom is -0.478 e. The quantitative estimate of drug-likeness (QED) is 0.783. The van der Waals surface area contributed by atoms with Crippen molar-refractivity contribution in [2.75, 3.05) is 0 Å². The number of ether oxygens (including phenoxy) is 1. The third-order valence-electron chi connectivity index (χ3n) is 3.01. The number of rotatable bonds is 5. The Morgan fingerprint density at radius 3 is 2.64 bits per heavy atom. The molecule has 0 saturated heterocycles. The average Bonchev–Trinajstić information content (AvgIpc) is 2.99. The van der Waals surface area contributed by atoms with Crippen molar-refractivity contribution < 1.29 is 14.6 Å². The summed E-state index contributed by atoms with van der Waals surface area (Å²) in [5, 5.41) is 12.9. The molecule has 110 valence electrons. The van der Waals surface area contributed by atoms with Gasteiger partial charge in [0.15, 0.2) is 0 Å². The number of hydrogen-bond acceptors (Lipinski definition) is 4. The fourth-order valence-corrected chi connectivity index (χ4v) is 1.94. The van der Waals surface area contributed by atoms with Crippen LogP contribution < -0.4 is 4.74 Å². The van der Waals surface area contributed by atoms with Gasteiger partial charge in [0, 0.05) is 18.5 Å². The van der Waals surface area contributed by atoms with E-state index in [0.717, 1.165) is 5.56 Å². The van der Waals surface area contributed by atoms with Crippen molar-refractivity contribution in [2.45, 2.75) is 6.54 Å². The summed E-state index contributed by atoms with van der Waals surface area (Å²) in [5.41, 5.74) is 1.17. The summed E-state index contributed by atoms with van der Waals surface area (Å²) < 4.78 is 7.19. The van der Waals surface area contributed by atoms with Gasteiger partial charge in [-0.05, 0) is 23.8 Å². The fraction of sp³-hybridized carbons (Fsp3) is 0.0625. The van der Waals surface area contributed by atoms with E-state index in [-0.39, 0.29) is 5.56 Å². The molecule has 6 nitrogen and oxygen atoms in total. The van der Waals surface area contributed by atoms with Gasteiger partial charge >= 0.3 is 5.97 Å². The van der Waals surface area contributed by atoms with Gasteiger partial charge in [-0.3, -0.25) is 4.68 Å². The molecule has 0 radical (unpaired) electrons. The monoisotopic (exact) mass is 295 g/mol. The molecule has 22 heavy (non-hydrogen) atoms. The molecule has 3 aromatic rings. The zero-order valence-corrected chi connectivity index (χ0v) is 11.6. The van der Waals surface area contributed by atoms with E-state index in [1.54, 1.807) is 16.9 Å². The van der Waals surface area contributed by atoms with E-state index in [1.165, 1.54) is 12.4 Å². The van der Waals surface area contributed by atoms with E-state index in [2.05, 4.69) is 10.1 Å². The number of hydrogen-bond donors (Lipinski definition) is 1. The van der Waals surface area contributed by atoms with Gasteiger partial charge in [-0.2, -0.15) is 5.10 Å². The van der Waals surface area contributed by atoms with Gasteiger partial charge in [-0.1, -0.05) is 18.2 Å². The second kappa shape index (κ2) is 6.09. The predicted molar refractivity (Wildman–Crippen MR) is 79.0 cm³/mol. The van der Waals surface area contributed by atoms with Gasteiger partial charge in [0.1, 0.15) is 5.75 Å². The number of benzene rings is 1. The summed E-state index contributed by atoms with van der Waals surface area (Å²) in [7, 11) is 0. The Balaban J connectivity index is 1.67. The number of carboxylic acids is 1. The van der Waals surface area contributed by atoms with E-state index >= 15 is 0 Å². The molecular formula is C16H13N3O3. The van der Waals surface area contributed by atoms with Crippen molar-refractivity contribution in [1.29, 1.82) is 0 Å². The molecule has 0 aliphatic carbocycles. The van der Waals surface area contributed by atoms with Gasteiger partial charge in [0.05, 0.1) is 18.3 Å². The zero-order chi connectivity index (χ0) is 15.4. The van der Waals surface area contributed by atoms with E-state index in [4.69, 9.17) is 9.84 Å². The van der Waals surface area contributed by atoms with Gasteiger partial charge in [0.25, 0.3) is 0 Å². The van der Waals surface area contributed by atoms with Crippen molar-refractivity contribution in [2.24, 2.45) is 0 Å². The molecule has 0 atom stereocenters. The first-order chi connectivity index (χ1) is 10.7. The molecule has 1 aromatic carbocycles. The predicted octanol–water partition coefficient (Wildman–Crippen LogP) is 2.82. The van der Waals surface area contributed by atoms with Crippen LogP contribution >= 0.6 is 0 Å². The highest BCUT2D eigenvalue weighted by Gasteiger charge is 2.06. The lowest BCUT2D eigenvalue weighted by Crippen LogP contribution is -2.00. The zero-order valence-electron chi connectivity index (χ0n) is 11.6. The summed E-state index contributed by atoms with van der Waals surface area (Å²) in [6, 6.07) is 12.9. The van der Waals surface area contributed by atoms with E-state index in [0.29, 0.717) is 18.2 Å². The van der Waals surface area contributed by atoms with Crippen LogP contribution in [0.2, 0.25) is 0 Å². The Hall–Kier alpha value is -3.15. The van der Waals surface area contributed by atoms with E-state index in [9.17, 15) is 4.79 Å². The largest absolute Gasteiger partial charge is 0.478 e. The molecule has 0 aliphatic heterocycles. The summed E-state index contributed by atoms with van der Waals surface area (Å²) in [5.74, 6) is 0.243. The van der Waals surface area contributed by atoms with E-state index in [1.807, 2.05) is 36.4 Å². The molecule has 0 bridgehead atoms. The van der Waals surface area contributed by atoms with E-state index < -0.39 is 5.97 Å². The second-order valence-electron chi connectivity index (χ2n) is 4.65. The molecule has 0 amide bonds. The summed E-state index contributed by atoms with van der Waals surface area (Å²) in [6.45, 7) is 0.497. The highest BCUT2D eigenvalue weighted by Crippen LogP contribution is 2.19. The molecule has 0 saturated carbocycles. The van der Waals surface area contributed by atoms with Crippen LogP contribution in [0.4, 0.5) is 0 Å². The van der Waals surface area contributed by atoms with Crippen molar-refractivity contribution in [1.82, 2.24) is 14.8 Å². The molecule has 3 rings (SSSR count). The number of carboxylic acid groups (broad SMARTS) is 1. The van der Waals surface area contributed by atoms with Gasteiger partial charge < -0.3 is 9.84 Å². The van der Waals surface area contributed by atoms with Crippen molar-refractivity contribution in [3.8, 4) is 11.6 Å². The van der Waals surface area contributed by atoms with Gasteiger partial charge in [-0.15, -0.1) is 0 Å². The minimum atomic E-state index is -0.981. The number of aromatic carboxylic acids is 1. The SMILES string of the molecule is O=C(O)c1cnn(Cc2ccc(Oc3ccccn3)cc2)c1. The molecule has 2 aromatic heterocycles. The number of carbonyl (C=O) groups is 1. The molecular weight excluding hydrogens is 282 g/mol. The molecule has 0 unspecified atom stereocenters. The van der Waals surface area contributed by atoms with Crippen LogP contribution in [0, 0.1) is 0 Å². The van der Waals surface area contributed by atoms with Crippen molar-refractivity contribution >= 4 is 5.97 Å². The van der Waals surface area contributed by atoms with Crippen LogP contribution in [0.15, 0.2) is 61.1 Å². The van der Waals surface area contributed by atoms with Crippen LogP contribution in [0.5, 0.6) is 11.6 Å². The van der Waals surface area contributed by atoms with Gasteiger partial charge in [0.2, 0.25) is 5.88 Å². The third kappa shape index (κ3) is 3.29. The Bertz CT molecular complexity index is 767. The molecule has 0 fully saturated rings. The highest BCUT2D eigenvalue weighted by molar-refractivity contribution is 5.86. The standard InChI is InChI=1S/C16H13N3O3/c20-16(21)13-9-18-19(11-13)10-12-4-6-14(7-5-12)22-15-3-1-2-8-17-15/h1-9,11H,10H2,(H,20,21). The Morgan fingerprint density at radius 1 is 1.18 bits per heavy atom. The third-order valence-corrected chi connectivity index (χ3v) is 3.01. The molecule has 0 spiro atoms. The summed E-state index contributed by atoms with van der Waals surface area (Å²) in [6.07, 6.45) is 4.50. The molecule has 6 heteroatoms. The fourth-order valence-electron chi connectivity index (χ4n) is 1.94. The maximum Gasteiger partial charge on any atom is 0.338 e. The maximum atomic E-state index is 10.8. The summed E-state index contributed by atoms with van der Waals surface area (Å²) >= 11 is 0. The second-order valence-corrected chi connectivity index (χ2v) is 4.65.